The maximum Gasteiger partial charge on any atom is 0.313 e. The van der Waals surface area contributed by atoms with Crippen LogP contribution in [0.1, 0.15) is 40.3 Å². The number of halogens is 2. The van der Waals surface area contributed by atoms with Crippen LogP contribution in [-0.2, 0) is 0 Å². The number of nitrogen functional groups attached to an aromatic ring is 1. The van der Waals surface area contributed by atoms with E-state index in [1.54, 1.807) is 12.1 Å². The molecule has 10 nitrogen and oxygen atoms in total. The van der Waals surface area contributed by atoms with E-state index in [0.717, 1.165) is 30.2 Å². The number of anilines is 2. The van der Waals surface area contributed by atoms with Crippen LogP contribution in [0.5, 0.6) is 5.75 Å². The number of hydrogen-bond acceptors (Lipinski definition) is 10. The summed E-state index contributed by atoms with van der Waals surface area (Å²) in [5, 5.41) is 18.9. The molecule has 0 spiro atoms. The Hall–Kier alpha value is -4.44. The first-order valence-corrected chi connectivity index (χ1v) is 11.4. The average Bonchev–Trinajstić information content (AvgIpc) is 3.44. The fourth-order valence-corrected chi connectivity index (χ4v) is 3.88. The number of nitrogens with two attached hydrogens (primary N) is 1. The second-order valence-electron chi connectivity index (χ2n) is 7.73. The summed E-state index contributed by atoms with van der Waals surface area (Å²) in [7, 11) is 1.37. The highest BCUT2D eigenvalue weighted by atomic mass is 32.1. The highest BCUT2D eigenvalue weighted by molar-refractivity contribution is 7.15. The SMILES string of the molecule is COc1cnc(C(F)F)cc1-c1cc(-c2nnc(N)o2)ccc1C(=O)Nc1nnc(C#CC2CC2)s1. The van der Waals surface area contributed by atoms with E-state index in [0.29, 0.717) is 16.5 Å². The topological polar surface area (TPSA) is 142 Å². The van der Waals surface area contributed by atoms with E-state index < -0.39 is 18.0 Å². The summed E-state index contributed by atoms with van der Waals surface area (Å²) in [6.07, 6.45) is 0.500. The molecule has 182 valence electrons. The van der Waals surface area contributed by atoms with Crippen LogP contribution in [0, 0.1) is 17.8 Å². The number of nitrogens with one attached hydrogen (secondary N) is 1. The zero-order chi connectivity index (χ0) is 25.2. The van der Waals surface area contributed by atoms with Crippen LogP contribution >= 0.6 is 11.3 Å². The molecule has 1 aliphatic rings. The maximum atomic E-state index is 13.5. The van der Waals surface area contributed by atoms with Crippen molar-refractivity contribution in [1.29, 1.82) is 0 Å². The van der Waals surface area contributed by atoms with Gasteiger partial charge in [-0.25, -0.2) is 8.78 Å². The Bertz CT molecular complexity index is 1500. The van der Waals surface area contributed by atoms with Crippen molar-refractivity contribution < 1.29 is 22.7 Å². The number of aromatic nitrogens is 5. The van der Waals surface area contributed by atoms with Crippen molar-refractivity contribution in [2.45, 2.75) is 19.3 Å². The van der Waals surface area contributed by atoms with Crippen molar-refractivity contribution in [2.24, 2.45) is 5.92 Å². The van der Waals surface area contributed by atoms with Gasteiger partial charge < -0.3 is 14.9 Å². The first kappa shape index (κ1) is 23.3. The molecule has 1 aliphatic carbocycles. The number of carbonyl (C=O) groups is 1. The number of methoxy groups -OCH3 is 1. The molecular formula is C23H17F2N7O3S. The second kappa shape index (κ2) is 9.67. The number of alkyl halides is 2. The third-order valence-electron chi connectivity index (χ3n) is 5.18. The minimum atomic E-state index is -2.83. The highest BCUT2D eigenvalue weighted by Crippen LogP contribution is 2.37. The molecule has 13 heteroatoms. The quantitative estimate of drug-likeness (QED) is 0.366. The summed E-state index contributed by atoms with van der Waals surface area (Å²) in [4.78, 5) is 17.0. The molecule has 0 bridgehead atoms. The van der Waals surface area contributed by atoms with Crippen LogP contribution in [0.4, 0.5) is 19.9 Å². The number of pyridine rings is 1. The Morgan fingerprint density at radius 1 is 1.22 bits per heavy atom. The van der Waals surface area contributed by atoms with Gasteiger partial charge in [0.05, 0.1) is 13.3 Å². The lowest BCUT2D eigenvalue weighted by molar-refractivity contribution is 0.102. The Balaban J connectivity index is 1.55. The first-order valence-electron chi connectivity index (χ1n) is 10.6. The molecular weight excluding hydrogens is 492 g/mol. The van der Waals surface area contributed by atoms with E-state index in [9.17, 15) is 13.6 Å². The lowest BCUT2D eigenvalue weighted by Crippen LogP contribution is -2.13. The van der Waals surface area contributed by atoms with E-state index in [4.69, 9.17) is 14.9 Å². The number of ether oxygens (including phenoxy) is 1. The van der Waals surface area contributed by atoms with Crippen molar-refractivity contribution in [2.75, 3.05) is 18.2 Å². The summed E-state index contributed by atoms with van der Waals surface area (Å²) < 4.78 is 37.5. The van der Waals surface area contributed by atoms with Crippen LogP contribution in [0.2, 0.25) is 0 Å². The number of amides is 1. The van der Waals surface area contributed by atoms with Crippen molar-refractivity contribution >= 4 is 28.4 Å². The summed E-state index contributed by atoms with van der Waals surface area (Å²) in [6.45, 7) is 0. The molecule has 0 saturated heterocycles. The molecule has 3 aromatic heterocycles. The van der Waals surface area contributed by atoms with Gasteiger partial charge in [-0.1, -0.05) is 22.4 Å². The van der Waals surface area contributed by atoms with Gasteiger partial charge in [0.1, 0.15) is 11.4 Å². The van der Waals surface area contributed by atoms with Gasteiger partial charge in [0.25, 0.3) is 12.3 Å². The van der Waals surface area contributed by atoms with Gasteiger partial charge in [-0.05, 0) is 48.6 Å². The van der Waals surface area contributed by atoms with Gasteiger partial charge in [-0.15, -0.1) is 15.3 Å². The summed E-state index contributed by atoms with van der Waals surface area (Å²) in [5.74, 6) is 6.17. The number of benzene rings is 1. The van der Waals surface area contributed by atoms with E-state index in [1.807, 2.05) is 0 Å². The fourth-order valence-electron chi connectivity index (χ4n) is 3.28. The Morgan fingerprint density at radius 3 is 2.75 bits per heavy atom. The Morgan fingerprint density at radius 2 is 2.06 bits per heavy atom. The van der Waals surface area contributed by atoms with E-state index >= 15 is 0 Å². The normalized spacial score (nSPS) is 12.8. The largest absolute Gasteiger partial charge is 0.494 e. The number of carbonyl (C=O) groups excluding carboxylic acids is 1. The molecule has 1 aromatic carbocycles. The minimum Gasteiger partial charge on any atom is -0.494 e. The minimum absolute atomic E-state index is 0.0887. The Kier molecular flexibility index (Phi) is 6.26. The smallest absolute Gasteiger partial charge is 0.313 e. The highest BCUT2D eigenvalue weighted by Gasteiger charge is 2.22. The van der Waals surface area contributed by atoms with E-state index in [2.05, 4.69) is 42.5 Å². The lowest BCUT2D eigenvalue weighted by atomic mass is 9.96. The molecule has 1 saturated carbocycles. The maximum absolute atomic E-state index is 13.5. The molecule has 36 heavy (non-hydrogen) atoms. The summed E-state index contributed by atoms with van der Waals surface area (Å²) in [5.41, 5.74) is 6.10. The van der Waals surface area contributed by atoms with E-state index in [-0.39, 0.29) is 39.5 Å². The first-order chi connectivity index (χ1) is 17.4. The molecule has 0 radical (unpaired) electrons. The van der Waals surface area contributed by atoms with Crippen LogP contribution in [0.15, 0.2) is 34.9 Å². The van der Waals surface area contributed by atoms with Gasteiger partial charge in [-0.3, -0.25) is 15.1 Å². The molecule has 1 fully saturated rings. The van der Waals surface area contributed by atoms with Gasteiger partial charge in [0, 0.05) is 22.6 Å². The van der Waals surface area contributed by atoms with Crippen LogP contribution in [-0.4, -0.2) is 38.4 Å². The van der Waals surface area contributed by atoms with Crippen molar-refractivity contribution in [1.82, 2.24) is 25.4 Å². The zero-order valence-corrected chi connectivity index (χ0v) is 19.5. The van der Waals surface area contributed by atoms with Gasteiger partial charge in [0.2, 0.25) is 11.0 Å². The third-order valence-corrected chi connectivity index (χ3v) is 5.93. The van der Waals surface area contributed by atoms with Crippen molar-refractivity contribution in [3.63, 3.8) is 0 Å². The summed E-state index contributed by atoms with van der Waals surface area (Å²) in [6, 6.07) is 5.63. The predicted octanol–water partition coefficient (Wildman–Crippen LogP) is 4.19. The molecule has 4 aromatic rings. The molecule has 5 rings (SSSR count). The molecule has 1 amide bonds. The van der Waals surface area contributed by atoms with Crippen LogP contribution in [0.3, 0.4) is 0 Å². The van der Waals surface area contributed by atoms with Crippen molar-refractivity contribution in [3.8, 4) is 40.2 Å². The standard InChI is InChI=1S/C23H17F2N7O3S/c1-34-17-10-27-16(19(24)25)9-15(17)14-8-12(21-30-31-22(26)35-21)5-6-13(14)20(33)28-23-32-29-18(36-23)7-4-11-2-3-11/h5-6,8-11,19H,2-3H2,1H3,(H2,26,31)(H,28,32,33). The molecule has 0 unspecified atom stereocenters. The molecule has 0 atom stereocenters. The van der Waals surface area contributed by atoms with Gasteiger partial charge >= 0.3 is 6.01 Å². The van der Waals surface area contributed by atoms with Gasteiger partial charge in [-0.2, -0.15) is 0 Å². The summed E-state index contributed by atoms with van der Waals surface area (Å²) >= 11 is 1.14. The van der Waals surface area contributed by atoms with Crippen molar-refractivity contribution in [3.05, 3.63) is 46.7 Å². The van der Waals surface area contributed by atoms with E-state index in [1.165, 1.54) is 19.4 Å². The zero-order valence-electron chi connectivity index (χ0n) is 18.7. The number of rotatable bonds is 6. The number of hydrogen-bond donors (Lipinski definition) is 2. The van der Waals surface area contributed by atoms with Gasteiger partial charge in [0.15, 0.2) is 5.01 Å². The van der Waals surface area contributed by atoms with Crippen LogP contribution < -0.4 is 15.8 Å². The lowest BCUT2D eigenvalue weighted by Gasteiger charge is -2.14. The number of nitrogens with zero attached hydrogens (tertiary/aromatic N) is 5. The average molecular weight is 509 g/mol. The third kappa shape index (κ3) is 4.98. The Labute approximate surface area is 206 Å². The van der Waals surface area contributed by atoms with Crippen LogP contribution in [0.25, 0.3) is 22.6 Å². The molecule has 3 heterocycles. The second-order valence-corrected chi connectivity index (χ2v) is 8.70. The fraction of sp³-hybridized carbons (Fsp3) is 0.217. The molecule has 0 aliphatic heterocycles. The monoisotopic (exact) mass is 509 g/mol. The predicted molar refractivity (Wildman–Crippen MR) is 126 cm³/mol. The molecule has 3 N–H and O–H groups in total.